The van der Waals surface area contributed by atoms with E-state index in [-0.39, 0.29) is 23.3 Å². The minimum absolute atomic E-state index is 0.0706. The summed E-state index contributed by atoms with van der Waals surface area (Å²) in [6.45, 7) is 4.01. The van der Waals surface area contributed by atoms with E-state index in [0.717, 1.165) is 21.7 Å². The molecule has 0 aliphatic rings. The second kappa shape index (κ2) is 8.60. The first kappa shape index (κ1) is 18.8. The van der Waals surface area contributed by atoms with E-state index in [0.29, 0.717) is 5.69 Å². The lowest BCUT2D eigenvalue weighted by Gasteiger charge is -2.10. The van der Waals surface area contributed by atoms with Crippen LogP contribution in [0.1, 0.15) is 21.7 Å². The zero-order valence-electron chi connectivity index (χ0n) is 15.1. The van der Waals surface area contributed by atoms with Crippen LogP contribution in [0.2, 0.25) is 0 Å². The molecule has 2 amide bonds. The minimum atomic E-state index is -0.310. The van der Waals surface area contributed by atoms with Crippen molar-refractivity contribution in [2.75, 3.05) is 16.4 Å². The Labute approximate surface area is 162 Å². The maximum atomic E-state index is 12.3. The number of amides is 2. The van der Waals surface area contributed by atoms with Crippen LogP contribution in [0.3, 0.4) is 0 Å². The molecule has 5 nitrogen and oxygen atoms in total. The van der Waals surface area contributed by atoms with Crippen molar-refractivity contribution in [1.29, 1.82) is 0 Å². The van der Waals surface area contributed by atoms with Crippen LogP contribution in [-0.4, -0.2) is 17.6 Å². The number of furan rings is 1. The summed E-state index contributed by atoms with van der Waals surface area (Å²) in [5.41, 5.74) is 3.69. The van der Waals surface area contributed by atoms with Gasteiger partial charge in [-0.2, -0.15) is 0 Å². The lowest BCUT2D eigenvalue weighted by molar-refractivity contribution is -0.113. The Kier molecular flexibility index (Phi) is 5.98. The minimum Gasteiger partial charge on any atom is -0.459 e. The van der Waals surface area contributed by atoms with E-state index in [9.17, 15) is 9.59 Å². The number of anilines is 2. The highest BCUT2D eigenvalue weighted by molar-refractivity contribution is 8.00. The van der Waals surface area contributed by atoms with Gasteiger partial charge in [0.15, 0.2) is 5.76 Å². The van der Waals surface area contributed by atoms with Gasteiger partial charge in [-0.25, -0.2) is 0 Å². The molecule has 1 heterocycles. The van der Waals surface area contributed by atoms with Crippen LogP contribution < -0.4 is 10.6 Å². The zero-order chi connectivity index (χ0) is 19.2. The smallest absolute Gasteiger partial charge is 0.291 e. The molecule has 0 aliphatic carbocycles. The van der Waals surface area contributed by atoms with Gasteiger partial charge >= 0.3 is 0 Å². The molecule has 0 saturated heterocycles. The average Bonchev–Trinajstić information content (AvgIpc) is 3.19. The van der Waals surface area contributed by atoms with E-state index in [1.807, 2.05) is 50.2 Å². The zero-order valence-corrected chi connectivity index (χ0v) is 15.9. The SMILES string of the molecule is Cc1cccc(NC(=O)CSc2cccc(NC(=O)c3ccco3)c2)c1C. The van der Waals surface area contributed by atoms with E-state index in [1.165, 1.54) is 18.0 Å². The van der Waals surface area contributed by atoms with E-state index in [4.69, 9.17) is 4.42 Å². The first-order chi connectivity index (χ1) is 13.0. The second-order valence-electron chi connectivity index (χ2n) is 6.04. The van der Waals surface area contributed by atoms with Crippen molar-refractivity contribution >= 4 is 35.0 Å². The standard InChI is InChI=1S/C21H20N2O3S/c1-14-6-3-9-18(15(14)2)23-20(24)13-27-17-8-4-7-16(12-17)22-21(25)19-10-5-11-26-19/h3-12H,13H2,1-2H3,(H,22,25)(H,23,24). The highest BCUT2D eigenvalue weighted by Gasteiger charge is 2.10. The molecular weight excluding hydrogens is 360 g/mol. The van der Waals surface area contributed by atoms with Crippen LogP contribution in [0.15, 0.2) is 70.2 Å². The summed E-state index contributed by atoms with van der Waals surface area (Å²) < 4.78 is 5.08. The topological polar surface area (TPSA) is 71.3 Å². The van der Waals surface area contributed by atoms with Crippen LogP contribution >= 0.6 is 11.8 Å². The number of aryl methyl sites for hydroxylation is 1. The first-order valence-corrected chi connectivity index (χ1v) is 9.45. The molecule has 0 fully saturated rings. The number of nitrogens with one attached hydrogen (secondary N) is 2. The van der Waals surface area contributed by atoms with Crippen LogP contribution in [-0.2, 0) is 4.79 Å². The fraction of sp³-hybridized carbons (Fsp3) is 0.143. The quantitative estimate of drug-likeness (QED) is 0.598. The summed E-state index contributed by atoms with van der Waals surface area (Å²) in [6.07, 6.45) is 1.45. The van der Waals surface area contributed by atoms with Crippen molar-refractivity contribution in [2.45, 2.75) is 18.7 Å². The molecule has 0 radical (unpaired) electrons. The van der Waals surface area contributed by atoms with Crippen molar-refractivity contribution in [1.82, 2.24) is 0 Å². The number of thioether (sulfide) groups is 1. The van der Waals surface area contributed by atoms with Gasteiger partial charge in [-0.3, -0.25) is 9.59 Å². The van der Waals surface area contributed by atoms with Gasteiger partial charge in [0, 0.05) is 16.3 Å². The Bertz CT molecular complexity index is 952. The monoisotopic (exact) mass is 380 g/mol. The van der Waals surface area contributed by atoms with Crippen LogP contribution in [0.5, 0.6) is 0 Å². The summed E-state index contributed by atoms with van der Waals surface area (Å²) in [5.74, 6) is 0.151. The first-order valence-electron chi connectivity index (χ1n) is 8.47. The number of hydrogen-bond donors (Lipinski definition) is 2. The van der Waals surface area contributed by atoms with E-state index >= 15 is 0 Å². The van der Waals surface area contributed by atoms with Gasteiger partial charge in [0.25, 0.3) is 5.91 Å². The third-order valence-corrected chi connectivity index (χ3v) is 5.08. The Morgan fingerprint density at radius 1 is 1.00 bits per heavy atom. The second-order valence-corrected chi connectivity index (χ2v) is 7.09. The lowest BCUT2D eigenvalue weighted by atomic mass is 10.1. The summed E-state index contributed by atoms with van der Waals surface area (Å²) in [6, 6.07) is 16.5. The van der Waals surface area contributed by atoms with Gasteiger partial charge < -0.3 is 15.1 Å². The van der Waals surface area contributed by atoms with Crippen molar-refractivity contribution in [3.8, 4) is 0 Å². The average molecular weight is 380 g/mol. The van der Waals surface area contributed by atoms with Crippen LogP contribution in [0.4, 0.5) is 11.4 Å². The van der Waals surface area contributed by atoms with Crippen molar-refractivity contribution in [2.24, 2.45) is 0 Å². The molecule has 0 spiro atoms. The molecule has 138 valence electrons. The van der Waals surface area contributed by atoms with Gasteiger partial charge in [0.2, 0.25) is 5.91 Å². The maximum Gasteiger partial charge on any atom is 0.291 e. The third-order valence-electron chi connectivity index (χ3n) is 4.09. The van der Waals surface area contributed by atoms with Gasteiger partial charge in [-0.05, 0) is 61.4 Å². The van der Waals surface area contributed by atoms with E-state index in [2.05, 4.69) is 10.6 Å². The Morgan fingerprint density at radius 3 is 2.59 bits per heavy atom. The van der Waals surface area contributed by atoms with Gasteiger partial charge in [0.05, 0.1) is 12.0 Å². The fourth-order valence-electron chi connectivity index (χ4n) is 2.49. The Balaban J connectivity index is 1.57. The number of benzene rings is 2. The largest absolute Gasteiger partial charge is 0.459 e. The highest BCUT2D eigenvalue weighted by atomic mass is 32.2. The van der Waals surface area contributed by atoms with Gasteiger partial charge in [-0.1, -0.05) is 18.2 Å². The molecule has 3 aromatic rings. The Hall–Kier alpha value is -2.99. The molecule has 0 atom stereocenters. The van der Waals surface area contributed by atoms with Crippen molar-refractivity contribution < 1.29 is 14.0 Å². The third kappa shape index (κ3) is 5.01. The number of carbonyl (C=O) groups excluding carboxylic acids is 2. The molecule has 2 N–H and O–H groups in total. The van der Waals surface area contributed by atoms with Crippen LogP contribution in [0, 0.1) is 13.8 Å². The molecule has 3 rings (SSSR count). The highest BCUT2D eigenvalue weighted by Crippen LogP contribution is 2.23. The molecule has 6 heteroatoms. The van der Waals surface area contributed by atoms with Crippen molar-refractivity contribution in [3.63, 3.8) is 0 Å². The molecule has 0 bridgehead atoms. The Morgan fingerprint density at radius 2 is 1.81 bits per heavy atom. The van der Waals surface area contributed by atoms with Gasteiger partial charge in [-0.15, -0.1) is 11.8 Å². The molecule has 1 aromatic heterocycles. The molecule has 0 aliphatic heterocycles. The number of rotatable bonds is 6. The summed E-state index contributed by atoms with van der Waals surface area (Å²) in [7, 11) is 0. The molecule has 0 saturated carbocycles. The van der Waals surface area contributed by atoms with Gasteiger partial charge in [0.1, 0.15) is 0 Å². The predicted octanol–water partition coefficient (Wildman–Crippen LogP) is 4.88. The normalized spacial score (nSPS) is 10.4. The fourth-order valence-corrected chi connectivity index (χ4v) is 3.24. The summed E-state index contributed by atoms with van der Waals surface area (Å²) >= 11 is 1.41. The molecular formula is C21H20N2O3S. The summed E-state index contributed by atoms with van der Waals surface area (Å²) in [4.78, 5) is 25.2. The molecule has 27 heavy (non-hydrogen) atoms. The molecule has 0 unspecified atom stereocenters. The van der Waals surface area contributed by atoms with Crippen molar-refractivity contribution in [3.05, 3.63) is 77.7 Å². The number of carbonyl (C=O) groups is 2. The van der Waals surface area contributed by atoms with E-state index < -0.39 is 0 Å². The predicted molar refractivity (Wildman–Crippen MR) is 108 cm³/mol. The lowest BCUT2D eigenvalue weighted by Crippen LogP contribution is -2.15. The molecule has 2 aromatic carbocycles. The van der Waals surface area contributed by atoms with Crippen LogP contribution in [0.25, 0.3) is 0 Å². The number of hydrogen-bond acceptors (Lipinski definition) is 4. The van der Waals surface area contributed by atoms with E-state index in [1.54, 1.807) is 18.2 Å². The summed E-state index contributed by atoms with van der Waals surface area (Å²) in [5, 5.41) is 5.72. The maximum absolute atomic E-state index is 12.3.